The number of aromatic nitrogens is 1. The van der Waals surface area contributed by atoms with Crippen molar-refractivity contribution in [2.45, 2.75) is 74.3 Å². The molecule has 12 heteroatoms. The van der Waals surface area contributed by atoms with E-state index in [1.54, 1.807) is 6.07 Å². The zero-order valence-electron chi connectivity index (χ0n) is 20.0. The normalized spacial score (nSPS) is 22.4. The van der Waals surface area contributed by atoms with E-state index in [4.69, 9.17) is 16.3 Å². The molecule has 1 aromatic heterocycles. The van der Waals surface area contributed by atoms with Gasteiger partial charge in [-0.25, -0.2) is 13.4 Å². The minimum absolute atomic E-state index is 0.0837. The Morgan fingerprint density at radius 2 is 1.78 bits per heavy atom. The zero-order valence-corrected chi connectivity index (χ0v) is 21.5. The SMILES string of the molecule is CC(C)(Oc1ccc(Cl)cc1C(F)(F)F)C(=O)N[C@H]1C[C@H]2CC[C@@H](C1)N2c1ccc(S(C)(=O)=O)cn1. The summed E-state index contributed by atoms with van der Waals surface area (Å²) in [7, 11) is -3.34. The Balaban J connectivity index is 1.43. The smallest absolute Gasteiger partial charge is 0.420 e. The Labute approximate surface area is 212 Å². The molecule has 0 radical (unpaired) electrons. The van der Waals surface area contributed by atoms with Crippen LogP contribution >= 0.6 is 11.6 Å². The molecule has 196 valence electrons. The summed E-state index contributed by atoms with van der Waals surface area (Å²) < 4.78 is 69.3. The van der Waals surface area contributed by atoms with Crippen LogP contribution in [0.5, 0.6) is 5.75 Å². The molecule has 3 heterocycles. The lowest BCUT2D eigenvalue weighted by Gasteiger charge is -2.41. The van der Waals surface area contributed by atoms with E-state index in [2.05, 4.69) is 15.2 Å². The lowest BCUT2D eigenvalue weighted by atomic mass is 9.96. The maximum absolute atomic E-state index is 13.4. The van der Waals surface area contributed by atoms with Gasteiger partial charge in [0.15, 0.2) is 15.4 Å². The van der Waals surface area contributed by atoms with Gasteiger partial charge in [-0.15, -0.1) is 0 Å². The molecule has 4 rings (SSSR count). The van der Waals surface area contributed by atoms with Crippen molar-refractivity contribution in [1.82, 2.24) is 10.3 Å². The van der Waals surface area contributed by atoms with Gasteiger partial charge >= 0.3 is 6.18 Å². The molecule has 1 amide bonds. The third-order valence-corrected chi connectivity index (χ3v) is 7.97. The Kier molecular flexibility index (Phi) is 6.93. The van der Waals surface area contributed by atoms with Crippen LogP contribution in [0.4, 0.5) is 19.0 Å². The number of pyridine rings is 1. The van der Waals surface area contributed by atoms with Crippen molar-refractivity contribution in [2.75, 3.05) is 11.2 Å². The first-order valence-corrected chi connectivity index (χ1v) is 13.7. The topological polar surface area (TPSA) is 88.6 Å². The molecular weight excluding hydrogens is 519 g/mol. The summed E-state index contributed by atoms with van der Waals surface area (Å²) in [6.45, 7) is 2.85. The van der Waals surface area contributed by atoms with E-state index in [0.29, 0.717) is 18.7 Å². The summed E-state index contributed by atoms with van der Waals surface area (Å²) in [4.78, 5) is 19.7. The van der Waals surface area contributed by atoms with Crippen molar-refractivity contribution in [1.29, 1.82) is 0 Å². The standard InChI is InChI=1S/C24H27ClF3N3O4S/c1-23(2,35-20-8-4-14(25)10-19(20)24(26,27)28)22(32)30-15-11-16-5-6-17(12-15)31(16)21-9-7-18(13-29-21)36(3,33)34/h4,7-10,13,15-17H,5-6,11-12H2,1-3H3,(H,30,32)/t15-,16+,17-. The fourth-order valence-corrected chi connectivity index (χ4v) is 5.64. The van der Waals surface area contributed by atoms with E-state index in [0.717, 1.165) is 31.2 Å². The van der Waals surface area contributed by atoms with E-state index in [-0.39, 0.29) is 28.0 Å². The molecule has 7 nitrogen and oxygen atoms in total. The third-order valence-electron chi connectivity index (χ3n) is 6.64. The summed E-state index contributed by atoms with van der Waals surface area (Å²) in [6, 6.07) is 6.42. The number of hydrogen-bond acceptors (Lipinski definition) is 6. The molecule has 2 fully saturated rings. The van der Waals surface area contributed by atoms with Crippen LogP contribution < -0.4 is 15.0 Å². The van der Waals surface area contributed by atoms with E-state index < -0.39 is 38.8 Å². The highest BCUT2D eigenvalue weighted by molar-refractivity contribution is 7.90. The summed E-state index contributed by atoms with van der Waals surface area (Å²) in [5.74, 6) is -0.296. The summed E-state index contributed by atoms with van der Waals surface area (Å²) >= 11 is 5.73. The van der Waals surface area contributed by atoms with E-state index >= 15 is 0 Å². The number of carbonyl (C=O) groups excluding carboxylic acids is 1. The maximum Gasteiger partial charge on any atom is 0.420 e. The molecule has 2 saturated heterocycles. The van der Waals surface area contributed by atoms with Crippen molar-refractivity contribution in [2.24, 2.45) is 0 Å². The highest BCUT2D eigenvalue weighted by Gasteiger charge is 2.44. The van der Waals surface area contributed by atoms with Crippen LogP contribution in [-0.2, 0) is 20.8 Å². The monoisotopic (exact) mass is 545 g/mol. The average Bonchev–Trinajstić information content (AvgIpc) is 3.04. The summed E-state index contributed by atoms with van der Waals surface area (Å²) in [6.07, 6.45) is 0.837. The van der Waals surface area contributed by atoms with Gasteiger partial charge in [0.1, 0.15) is 11.6 Å². The number of fused-ring (bicyclic) bond motifs is 2. The second-order valence-corrected chi connectivity index (χ2v) is 12.3. The number of benzene rings is 1. The van der Waals surface area contributed by atoms with Crippen LogP contribution in [0.25, 0.3) is 0 Å². The Hall–Kier alpha value is -2.53. The number of hydrogen-bond donors (Lipinski definition) is 1. The predicted octanol–water partition coefficient (Wildman–Crippen LogP) is 4.63. The molecule has 2 bridgehead atoms. The van der Waals surface area contributed by atoms with Crippen LogP contribution in [0.1, 0.15) is 45.1 Å². The van der Waals surface area contributed by atoms with Gasteiger partial charge in [-0.1, -0.05) is 11.6 Å². The van der Waals surface area contributed by atoms with Gasteiger partial charge in [0.05, 0.1) is 10.5 Å². The Morgan fingerprint density at radius 3 is 2.31 bits per heavy atom. The second-order valence-electron chi connectivity index (χ2n) is 9.81. The van der Waals surface area contributed by atoms with Crippen molar-refractivity contribution >= 4 is 33.2 Å². The lowest BCUT2D eigenvalue weighted by Crippen LogP contribution is -2.55. The van der Waals surface area contributed by atoms with Gasteiger partial charge in [0.2, 0.25) is 0 Å². The first-order valence-electron chi connectivity index (χ1n) is 11.5. The first-order chi connectivity index (χ1) is 16.6. The number of halogens is 4. The molecule has 1 N–H and O–H groups in total. The molecule has 0 spiro atoms. The number of nitrogens with one attached hydrogen (secondary N) is 1. The van der Waals surface area contributed by atoms with Gasteiger partial charge < -0.3 is 15.0 Å². The highest BCUT2D eigenvalue weighted by atomic mass is 35.5. The van der Waals surface area contributed by atoms with E-state index in [9.17, 15) is 26.4 Å². The number of rotatable bonds is 6. The number of anilines is 1. The predicted molar refractivity (Wildman–Crippen MR) is 129 cm³/mol. The highest BCUT2D eigenvalue weighted by Crippen LogP contribution is 2.40. The van der Waals surface area contributed by atoms with Crippen molar-refractivity contribution in [3.8, 4) is 5.75 Å². The molecule has 0 unspecified atom stereocenters. The van der Waals surface area contributed by atoms with Crippen LogP contribution in [-0.4, -0.2) is 49.3 Å². The molecule has 0 aliphatic carbocycles. The summed E-state index contributed by atoms with van der Waals surface area (Å²) in [5.41, 5.74) is -2.61. The quantitative estimate of drug-likeness (QED) is 0.569. The van der Waals surface area contributed by atoms with Crippen LogP contribution in [0.2, 0.25) is 5.02 Å². The van der Waals surface area contributed by atoms with E-state index in [1.165, 1.54) is 32.2 Å². The lowest BCUT2D eigenvalue weighted by molar-refractivity contribution is -0.143. The average molecular weight is 546 g/mol. The number of ether oxygens (including phenoxy) is 1. The largest absolute Gasteiger partial charge is 0.477 e. The van der Waals surface area contributed by atoms with Crippen molar-refractivity contribution in [3.63, 3.8) is 0 Å². The molecule has 3 atom stereocenters. The number of nitrogens with zero attached hydrogens (tertiary/aromatic N) is 2. The van der Waals surface area contributed by atoms with Gasteiger partial charge in [-0.05, 0) is 69.9 Å². The van der Waals surface area contributed by atoms with Crippen LogP contribution in [0.15, 0.2) is 41.4 Å². The van der Waals surface area contributed by atoms with Gasteiger partial charge in [0, 0.05) is 35.6 Å². The molecule has 36 heavy (non-hydrogen) atoms. The second kappa shape index (κ2) is 9.41. The number of sulfone groups is 1. The Bertz CT molecular complexity index is 1240. The fraction of sp³-hybridized carbons (Fsp3) is 0.500. The molecule has 2 aromatic rings. The fourth-order valence-electron chi connectivity index (χ4n) is 4.91. The molecular formula is C24H27ClF3N3O4S. The van der Waals surface area contributed by atoms with Gasteiger partial charge in [-0.2, -0.15) is 13.2 Å². The minimum atomic E-state index is -4.69. The van der Waals surface area contributed by atoms with Crippen LogP contribution in [0, 0.1) is 0 Å². The third kappa shape index (κ3) is 5.56. The molecule has 1 aromatic carbocycles. The maximum atomic E-state index is 13.4. The van der Waals surface area contributed by atoms with E-state index in [1.807, 2.05) is 0 Å². The zero-order chi connectivity index (χ0) is 26.5. The Morgan fingerprint density at radius 1 is 1.14 bits per heavy atom. The molecule has 0 saturated carbocycles. The number of alkyl halides is 3. The minimum Gasteiger partial charge on any atom is -0.477 e. The van der Waals surface area contributed by atoms with Crippen LogP contribution in [0.3, 0.4) is 0 Å². The van der Waals surface area contributed by atoms with Crippen molar-refractivity contribution < 1.29 is 31.1 Å². The number of amides is 1. The number of piperidine rings is 1. The number of carbonyl (C=O) groups is 1. The molecule has 2 aliphatic heterocycles. The summed E-state index contributed by atoms with van der Waals surface area (Å²) in [5, 5.41) is 2.87. The van der Waals surface area contributed by atoms with Crippen molar-refractivity contribution in [3.05, 3.63) is 47.1 Å². The first kappa shape index (κ1) is 26.5. The van der Waals surface area contributed by atoms with Gasteiger partial charge in [0.25, 0.3) is 5.91 Å². The van der Waals surface area contributed by atoms with Gasteiger partial charge in [-0.3, -0.25) is 4.79 Å². The molecule has 2 aliphatic rings.